The van der Waals surface area contributed by atoms with Crippen molar-refractivity contribution in [2.24, 2.45) is 0 Å². The fourth-order valence-electron chi connectivity index (χ4n) is 3.86. The lowest BCUT2D eigenvalue weighted by atomic mass is 9.93. The molecule has 4 rings (SSSR count). The van der Waals surface area contributed by atoms with Crippen LogP contribution in [0.3, 0.4) is 0 Å². The number of halogens is 1. The van der Waals surface area contributed by atoms with Gasteiger partial charge in [0.2, 0.25) is 5.91 Å². The van der Waals surface area contributed by atoms with E-state index in [1.165, 1.54) is 24.3 Å². The van der Waals surface area contributed by atoms with E-state index in [1.54, 1.807) is 6.20 Å². The Morgan fingerprint density at radius 3 is 2.65 bits per heavy atom. The topological polar surface area (TPSA) is 100 Å². The molecular formula is C26H24FN5O2. The summed E-state index contributed by atoms with van der Waals surface area (Å²) in [7, 11) is 0. The van der Waals surface area contributed by atoms with Crippen molar-refractivity contribution in [3.8, 4) is 28.1 Å². The van der Waals surface area contributed by atoms with E-state index >= 15 is 0 Å². The highest BCUT2D eigenvalue weighted by molar-refractivity contribution is 6.03. The van der Waals surface area contributed by atoms with E-state index in [-0.39, 0.29) is 17.2 Å². The SMILES string of the molecule is C=CC(=O)NCCNc1nnc(-c2cccnc2C)c2cc(-c3c(O)cccc3F)c(C)cc12. The average Bonchev–Trinajstić information content (AvgIpc) is 2.82. The van der Waals surface area contributed by atoms with Gasteiger partial charge < -0.3 is 15.7 Å². The fourth-order valence-corrected chi connectivity index (χ4v) is 3.86. The number of aromatic nitrogens is 3. The van der Waals surface area contributed by atoms with Crippen molar-refractivity contribution in [1.29, 1.82) is 0 Å². The smallest absolute Gasteiger partial charge is 0.243 e. The predicted molar refractivity (Wildman–Crippen MR) is 131 cm³/mol. The maximum absolute atomic E-state index is 14.7. The number of carbonyl (C=O) groups excluding carboxylic acids is 1. The zero-order valence-electron chi connectivity index (χ0n) is 18.9. The van der Waals surface area contributed by atoms with Gasteiger partial charge in [-0.1, -0.05) is 12.6 Å². The van der Waals surface area contributed by atoms with Gasteiger partial charge in [0.15, 0.2) is 5.82 Å². The maximum Gasteiger partial charge on any atom is 0.243 e. The second kappa shape index (κ2) is 9.66. The number of fused-ring (bicyclic) bond motifs is 1. The number of hydrogen-bond donors (Lipinski definition) is 3. The maximum atomic E-state index is 14.7. The first-order valence-electron chi connectivity index (χ1n) is 10.8. The lowest BCUT2D eigenvalue weighted by molar-refractivity contribution is -0.116. The average molecular weight is 458 g/mol. The van der Waals surface area contributed by atoms with Crippen LogP contribution < -0.4 is 10.6 Å². The number of nitrogens with one attached hydrogen (secondary N) is 2. The predicted octanol–water partition coefficient (Wildman–Crippen LogP) is 4.53. The number of anilines is 1. The summed E-state index contributed by atoms with van der Waals surface area (Å²) < 4.78 is 14.7. The van der Waals surface area contributed by atoms with Gasteiger partial charge in [-0.25, -0.2) is 4.39 Å². The molecule has 0 fully saturated rings. The molecule has 2 aromatic heterocycles. The van der Waals surface area contributed by atoms with Crippen molar-refractivity contribution in [2.75, 3.05) is 18.4 Å². The Hall–Kier alpha value is -4.33. The highest BCUT2D eigenvalue weighted by atomic mass is 19.1. The van der Waals surface area contributed by atoms with Crippen LogP contribution in [0.25, 0.3) is 33.2 Å². The zero-order chi connectivity index (χ0) is 24.2. The normalized spacial score (nSPS) is 10.8. The third-order valence-corrected chi connectivity index (χ3v) is 5.55. The molecule has 0 spiro atoms. The van der Waals surface area contributed by atoms with Crippen LogP contribution in [0.1, 0.15) is 11.3 Å². The lowest BCUT2D eigenvalue weighted by Crippen LogP contribution is -2.27. The number of nitrogens with zero attached hydrogens (tertiary/aromatic N) is 3. The molecule has 34 heavy (non-hydrogen) atoms. The molecule has 0 aliphatic heterocycles. The molecule has 3 N–H and O–H groups in total. The summed E-state index contributed by atoms with van der Waals surface area (Å²) in [5.41, 5.74) is 3.64. The minimum atomic E-state index is -0.514. The Balaban J connectivity index is 1.88. The van der Waals surface area contributed by atoms with Crippen LogP contribution in [-0.2, 0) is 4.79 Å². The molecule has 0 bridgehead atoms. The third kappa shape index (κ3) is 4.43. The van der Waals surface area contributed by atoms with Gasteiger partial charge >= 0.3 is 0 Å². The van der Waals surface area contributed by atoms with E-state index in [9.17, 15) is 14.3 Å². The standard InChI is InChI=1S/C26H24FN5O2/c1-4-23(34)29-11-12-30-26-20-13-15(2)18(24-21(27)8-5-9-22(24)33)14-19(20)25(31-32-26)17-7-6-10-28-16(17)3/h4-10,13-14,33H,1,11-12H2,2-3H3,(H,29,34)(H,30,32). The van der Waals surface area contributed by atoms with E-state index in [0.29, 0.717) is 30.2 Å². The first-order chi connectivity index (χ1) is 16.4. The number of aromatic hydroxyl groups is 1. The molecule has 0 atom stereocenters. The number of carbonyl (C=O) groups is 1. The molecule has 2 aromatic carbocycles. The van der Waals surface area contributed by atoms with Crippen LogP contribution >= 0.6 is 0 Å². The fraction of sp³-hybridized carbons (Fsp3) is 0.154. The lowest BCUT2D eigenvalue weighted by Gasteiger charge is -2.16. The molecule has 1 amide bonds. The van der Waals surface area contributed by atoms with Crippen molar-refractivity contribution in [3.05, 3.63) is 78.4 Å². The van der Waals surface area contributed by atoms with Crippen molar-refractivity contribution in [3.63, 3.8) is 0 Å². The number of hydrogen-bond acceptors (Lipinski definition) is 6. The molecule has 2 heterocycles. The number of phenolic OH excluding ortho intramolecular Hbond substituents is 1. The largest absolute Gasteiger partial charge is 0.507 e. The summed E-state index contributed by atoms with van der Waals surface area (Å²) >= 11 is 0. The molecule has 0 unspecified atom stereocenters. The van der Waals surface area contributed by atoms with Crippen LogP contribution in [0.2, 0.25) is 0 Å². The second-order valence-corrected chi connectivity index (χ2v) is 7.80. The van der Waals surface area contributed by atoms with E-state index in [0.717, 1.165) is 27.6 Å². The van der Waals surface area contributed by atoms with Crippen molar-refractivity contribution >= 4 is 22.5 Å². The summed E-state index contributed by atoms with van der Waals surface area (Å²) in [5, 5.41) is 26.7. The number of amides is 1. The van der Waals surface area contributed by atoms with Crippen molar-refractivity contribution < 1.29 is 14.3 Å². The molecule has 0 saturated carbocycles. The van der Waals surface area contributed by atoms with Gasteiger partial charge in [-0.05, 0) is 67.4 Å². The number of phenols is 1. The third-order valence-electron chi connectivity index (χ3n) is 5.55. The van der Waals surface area contributed by atoms with Gasteiger partial charge in [0, 0.05) is 41.3 Å². The van der Waals surface area contributed by atoms with E-state index in [1.807, 2.05) is 38.1 Å². The molecule has 172 valence electrons. The zero-order valence-corrected chi connectivity index (χ0v) is 18.9. The van der Waals surface area contributed by atoms with Crippen LogP contribution in [0.4, 0.5) is 10.2 Å². The van der Waals surface area contributed by atoms with Crippen LogP contribution in [0.5, 0.6) is 5.75 Å². The van der Waals surface area contributed by atoms with Crippen molar-refractivity contribution in [2.45, 2.75) is 13.8 Å². The summed E-state index contributed by atoms with van der Waals surface area (Å²) in [6.07, 6.45) is 2.91. The Bertz CT molecular complexity index is 1380. The molecule has 0 aliphatic carbocycles. The molecule has 4 aromatic rings. The molecular weight excluding hydrogens is 433 g/mol. The first-order valence-corrected chi connectivity index (χ1v) is 10.8. The Morgan fingerprint density at radius 1 is 1.09 bits per heavy atom. The van der Waals surface area contributed by atoms with Gasteiger partial charge in [-0.15, -0.1) is 10.2 Å². The minimum Gasteiger partial charge on any atom is -0.507 e. The minimum absolute atomic E-state index is 0.134. The van der Waals surface area contributed by atoms with E-state index < -0.39 is 5.82 Å². The van der Waals surface area contributed by atoms with E-state index in [2.05, 4.69) is 32.4 Å². The summed E-state index contributed by atoms with van der Waals surface area (Å²) in [4.78, 5) is 15.8. The first kappa shape index (κ1) is 22.8. The molecule has 7 nitrogen and oxygen atoms in total. The monoisotopic (exact) mass is 457 g/mol. The molecule has 0 aliphatic rings. The van der Waals surface area contributed by atoms with Crippen LogP contribution in [0.15, 0.2) is 61.3 Å². The van der Waals surface area contributed by atoms with Crippen LogP contribution in [-0.4, -0.2) is 39.3 Å². The van der Waals surface area contributed by atoms with Crippen molar-refractivity contribution in [1.82, 2.24) is 20.5 Å². The number of pyridine rings is 1. The summed E-state index contributed by atoms with van der Waals surface area (Å²) in [5.74, 6) is -0.384. The molecule has 8 heteroatoms. The Morgan fingerprint density at radius 2 is 1.91 bits per heavy atom. The van der Waals surface area contributed by atoms with E-state index in [4.69, 9.17) is 0 Å². The summed E-state index contributed by atoms with van der Waals surface area (Å²) in [6, 6.07) is 11.7. The molecule has 0 saturated heterocycles. The summed E-state index contributed by atoms with van der Waals surface area (Å²) in [6.45, 7) is 7.96. The van der Waals surface area contributed by atoms with Crippen LogP contribution in [0, 0.1) is 19.7 Å². The van der Waals surface area contributed by atoms with Gasteiger partial charge in [-0.2, -0.15) is 0 Å². The van der Waals surface area contributed by atoms with Gasteiger partial charge in [0.1, 0.15) is 17.3 Å². The number of rotatable bonds is 7. The Labute approximate surface area is 196 Å². The van der Waals surface area contributed by atoms with Gasteiger partial charge in [0.25, 0.3) is 0 Å². The quantitative estimate of drug-likeness (QED) is 0.278. The highest BCUT2D eigenvalue weighted by Gasteiger charge is 2.19. The van der Waals surface area contributed by atoms with Gasteiger partial charge in [-0.3, -0.25) is 9.78 Å². The molecule has 0 radical (unpaired) electrons. The van der Waals surface area contributed by atoms with Gasteiger partial charge in [0.05, 0.1) is 5.56 Å². The number of aryl methyl sites for hydroxylation is 2. The Kier molecular flexibility index (Phi) is 6.49. The second-order valence-electron chi connectivity index (χ2n) is 7.80. The number of benzene rings is 2. The highest BCUT2D eigenvalue weighted by Crippen LogP contribution is 2.39.